The molecule has 2 aromatic carbocycles. The van der Waals surface area contributed by atoms with E-state index in [1.807, 2.05) is 19.9 Å². The van der Waals surface area contributed by atoms with Crippen molar-refractivity contribution in [3.8, 4) is 17.1 Å². The smallest absolute Gasteiger partial charge is 0.277 e. The van der Waals surface area contributed by atoms with E-state index in [9.17, 15) is 13.2 Å². The van der Waals surface area contributed by atoms with Crippen LogP contribution in [0.25, 0.3) is 16.9 Å². The Morgan fingerprint density at radius 1 is 1.05 bits per heavy atom. The predicted molar refractivity (Wildman–Crippen MR) is 154 cm³/mol. The maximum Gasteiger partial charge on any atom is 0.277 e. The minimum absolute atomic E-state index is 0.0250. The molecule has 9 nitrogen and oxygen atoms in total. The van der Waals surface area contributed by atoms with E-state index < -0.39 is 10.0 Å². The second kappa shape index (κ2) is 12.5. The van der Waals surface area contributed by atoms with Gasteiger partial charge in [0, 0.05) is 11.6 Å². The molecule has 10 heteroatoms. The number of aromatic amines is 1. The number of H-pyrrole nitrogens is 1. The molecule has 0 aliphatic heterocycles. The van der Waals surface area contributed by atoms with Crippen LogP contribution in [-0.4, -0.2) is 34.6 Å². The summed E-state index contributed by atoms with van der Waals surface area (Å²) in [6, 6.07) is 13.2. The average molecular weight is 552 g/mol. The number of aromatic nitrogens is 4. The van der Waals surface area contributed by atoms with Gasteiger partial charge in [-0.1, -0.05) is 57.7 Å². The summed E-state index contributed by atoms with van der Waals surface area (Å²) >= 11 is 0. The number of hydrogen-bond donors (Lipinski definition) is 2. The highest BCUT2D eigenvalue weighted by Gasteiger charge is 2.23. The van der Waals surface area contributed by atoms with Crippen molar-refractivity contribution in [1.82, 2.24) is 19.6 Å². The molecule has 2 heterocycles. The van der Waals surface area contributed by atoms with E-state index in [4.69, 9.17) is 14.8 Å². The quantitative estimate of drug-likeness (QED) is 0.195. The van der Waals surface area contributed by atoms with Crippen molar-refractivity contribution in [2.75, 3.05) is 11.3 Å². The largest absolute Gasteiger partial charge is 0.493 e. The van der Waals surface area contributed by atoms with Crippen LogP contribution in [0, 0.1) is 6.92 Å². The van der Waals surface area contributed by atoms with Gasteiger partial charge in [0.05, 0.1) is 22.8 Å². The molecule has 4 aromatic rings. The van der Waals surface area contributed by atoms with E-state index in [-0.39, 0.29) is 22.2 Å². The summed E-state index contributed by atoms with van der Waals surface area (Å²) in [6.07, 6.45) is 6.43. The van der Waals surface area contributed by atoms with E-state index in [0.29, 0.717) is 34.8 Å². The Morgan fingerprint density at radius 2 is 1.82 bits per heavy atom. The van der Waals surface area contributed by atoms with Crippen LogP contribution in [0.1, 0.15) is 76.7 Å². The normalized spacial score (nSPS) is 12.5. The Morgan fingerprint density at radius 3 is 2.51 bits per heavy atom. The number of para-hydroxylation sites is 1. The molecule has 1 atom stereocenters. The van der Waals surface area contributed by atoms with Crippen LogP contribution in [-0.2, 0) is 10.0 Å². The molecule has 4 rings (SSSR count). The number of aryl methyl sites for hydroxylation is 1. The van der Waals surface area contributed by atoms with Crippen LogP contribution in [0.15, 0.2) is 58.2 Å². The fourth-order valence-electron chi connectivity index (χ4n) is 4.78. The van der Waals surface area contributed by atoms with Crippen LogP contribution in [0.4, 0.5) is 5.69 Å². The maximum absolute atomic E-state index is 13.3. The van der Waals surface area contributed by atoms with Crippen LogP contribution in [0.5, 0.6) is 5.75 Å². The summed E-state index contributed by atoms with van der Waals surface area (Å²) in [5.74, 6) is 1.54. The van der Waals surface area contributed by atoms with Gasteiger partial charge in [-0.3, -0.25) is 9.52 Å². The number of nitrogens with one attached hydrogen (secondary N) is 2. The van der Waals surface area contributed by atoms with Gasteiger partial charge < -0.3 is 9.72 Å². The van der Waals surface area contributed by atoms with E-state index in [1.54, 1.807) is 34.8 Å². The van der Waals surface area contributed by atoms with Crippen molar-refractivity contribution in [3.05, 3.63) is 70.4 Å². The van der Waals surface area contributed by atoms with Crippen molar-refractivity contribution in [2.24, 2.45) is 0 Å². The summed E-state index contributed by atoms with van der Waals surface area (Å²) in [6.45, 7) is 8.32. The van der Waals surface area contributed by atoms with E-state index >= 15 is 0 Å². The lowest BCUT2D eigenvalue weighted by Gasteiger charge is -2.15. The molecule has 0 fully saturated rings. The predicted octanol–water partition coefficient (Wildman–Crippen LogP) is 6.06. The molecule has 0 amide bonds. The summed E-state index contributed by atoms with van der Waals surface area (Å²) in [5.41, 5.74) is 1.50. The highest BCUT2D eigenvalue weighted by Crippen LogP contribution is 2.32. The first kappa shape index (κ1) is 28.4. The van der Waals surface area contributed by atoms with Crippen molar-refractivity contribution in [1.29, 1.82) is 0 Å². The van der Waals surface area contributed by atoms with Gasteiger partial charge in [0.25, 0.3) is 15.6 Å². The van der Waals surface area contributed by atoms with Crippen molar-refractivity contribution in [2.45, 2.75) is 77.0 Å². The molecule has 39 heavy (non-hydrogen) atoms. The van der Waals surface area contributed by atoms with Gasteiger partial charge in [0.15, 0.2) is 11.3 Å². The molecular weight excluding hydrogens is 514 g/mol. The number of fused-ring (bicyclic) bond motifs is 1. The third-order valence-corrected chi connectivity index (χ3v) is 8.19. The minimum Gasteiger partial charge on any atom is -0.493 e. The van der Waals surface area contributed by atoms with Gasteiger partial charge in [-0.25, -0.2) is 17.9 Å². The molecule has 0 aliphatic carbocycles. The molecule has 208 valence electrons. The van der Waals surface area contributed by atoms with Gasteiger partial charge in [-0.15, -0.1) is 5.10 Å². The topological polar surface area (TPSA) is 118 Å². The Labute approximate surface area is 229 Å². The number of sulfonamides is 1. The van der Waals surface area contributed by atoms with Crippen molar-refractivity contribution in [3.63, 3.8) is 0 Å². The van der Waals surface area contributed by atoms with E-state index in [0.717, 1.165) is 31.5 Å². The third-order valence-electron chi connectivity index (χ3n) is 6.81. The number of hydrogen-bond acceptors (Lipinski definition) is 6. The standard InChI is InChI=1S/C29H37N5O4S/c1-5-8-9-11-14-21(6-2)28-30-20(4)26-29(35)31-27(32-34(26)28)24-19-23(17-18-25(24)38-7-3)39(36,37)33-22-15-12-10-13-16-22/h10,12-13,15-19,21,33H,5-9,11,14H2,1-4H3,(H,31,32,35). The Hall–Kier alpha value is -3.66. The first-order valence-corrected chi connectivity index (χ1v) is 15.1. The zero-order valence-corrected chi connectivity index (χ0v) is 23.8. The number of ether oxygens (including phenoxy) is 1. The molecule has 0 spiro atoms. The molecule has 1 unspecified atom stereocenters. The fourth-order valence-corrected chi connectivity index (χ4v) is 5.86. The maximum atomic E-state index is 13.3. The fraction of sp³-hybridized carbons (Fsp3) is 0.414. The molecule has 0 saturated heterocycles. The van der Waals surface area contributed by atoms with Gasteiger partial charge in [-0.05, 0) is 57.0 Å². The zero-order valence-electron chi connectivity index (χ0n) is 23.0. The molecular formula is C29H37N5O4S. The van der Waals surface area contributed by atoms with E-state index in [1.165, 1.54) is 25.0 Å². The molecule has 0 aliphatic rings. The highest BCUT2D eigenvalue weighted by molar-refractivity contribution is 7.92. The van der Waals surface area contributed by atoms with Crippen molar-refractivity contribution < 1.29 is 13.2 Å². The summed E-state index contributed by atoms with van der Waals surface area (Å²) in [5, 5.41) is 4.79. The Balaban J connectivity index is 1.81. The van der Waals surface area contributed by atoms with Crippen LogP contribution >= 0.6 is 0 Å². The third kappa shape index (κ3) is 6.33. The summed E-state index contributed by atoms with van der Waals surface area (Å²) in [4.78, 5) is 20.9. The number of rotatable bonds is 13. The molecule has 0 saturated carbocycles. The average Bonchev–Trinajstić information content (AvgIpc) is 3.25. The molecule has 2 N–H and O–H groups in total. The summed E-state index contributed by atoms with van der Waals surface area (Å²) < 4.78 is 36.4. The van der Waals surface area contributed by atoms with Crippen LogP contribution in [0.3, 0.4) is 0 Å². The lowest BCUT2D eigenvalue weighted by Crippen LogP contribution is -2.17. The Kier molecular flexibility index (Phi) is 9.06. The van der Waals surface area contributed by atoms with Gasteiger partial charge in [-0.2, -0.15) is 0 Å². The Bertz CT molecular complexity index is 1580. The molecule has 0 radical (unpaired) electrons. The first-order valence-electron chi connectivity index (χ1n) is 13.6. The van der Waals surface area contributed by atoms with E-state index in [2.05, 4.69) is 23.6 Å². The van der Waals surface area contributed by atoms with Crippen LogP contribution < -0.4 is 15.0 Å². The first-order chi connectivity index (χ1) is 18.8. The number of benzene rings is 2. The minimum atomic E-state index is -3.91. The zero-order chi connectivity index (χ0) is 28.0. The number of anilines is 1. The lowest BCUT2D eigenvalue weighted by molar-refractivity contribution is 0.341. The van der Waals surface area contributed by atoms with Crippen LogP contribution in [0.2, 0.25) is 0 Å². The number of unbranched alkanes of at least 4 members (excludes halogenated alkanes) is 3. The monoisotopic (exact) mass is 551 g/mol. The lowest BCUT2D eigenvalue weighted by atomic mass is 9.97. The van der Waals surface area contributed by atoms with Gasteiger partial charge in [0.2, 0.25) is 0 Å². The van der Waals surface area contributed by atoms with Crippen molar-refractivity contribution >= 4 is 21.2 Å². The second-order valence-electron chi connectivity index (χ2n) is 9.64. The number of nitrogens with zero attached hydrogens (tertiary/aromatic N) is 3. The number of imidazole rings is 1. The second-order valence-corrected chi connectivity index (χ2v) is 11.3. The summed E-state index contributed by atoms with van der Waals surface area (Å²) in [7, 11) is -3.91. The molecule has 2 aromatic heterocycles. The highest BCUT2D eigenvalue weighted by atomic mass is 32.2. The molecule has 0 bridgehead atoms. The SMILES string of the molecule is CCCCCCC(CC)c1nc(C)c2c(=O)[nH]c(-c3cc(S(=O)(=O)Nc4ccccc4)ccc3OCC)nn12. The van der Waals surface area contributed by atoms with Gasteiger partial charge >= 0.3 is 0 Å². The van der Waals surface area contributed by atoms with Gasteiger partial charge in [0.1, 0.15) is 11.6 Å².